The highest BCUT2D eigenvalue weighted by Gasteiger charge is 2.23. The number of amides is 1. The summed E-state index contributed by atoms with van der Waals surface area (Å²) in [6.07, 6.45) is 2.12. The van der Waals surface area contributed by atoms with Gasteiger partial charge in [-0.2, -0.15) is 0 Å². The highest BCUT2D eigenvalue weighted by atomic mass is 16.1. The fraction of sp³-hybridized carbons (Fsp3) is 0.462. The summed E-state index contributed by atoms with van der Waals surface area (Å²) in [5, 5.41) is 6.40. The quantitative estimate of drug-likeness (QED) is 0.671. The highest BCUT2D eigenvalue weighted by Crippen LogP contribution is 2.13. The van der Waals surface area contributed by atoms with Crippen LogP contribution in [0.3, 0.4) is 0 Å². The molecule has 4 N–H and O–H groups in total. The molecule has 0 aromatic heterocycles. The first kappa shape index (κ1) is 11.9. The fourth-order valence-corrected chi connectivity index (χ4v) is 2.19. The van der Waals surface area contributed by atoms with Crippen LogP contribution in [0.4, 0.5) is 5.69 Å². The van der Waals surface area contributed by atoms with Crippen molar-refractivity contribution >= 4 is 11.6 Å². The normalized spacial score (nSPS) is 24.3. The van der Waals surface area contributed by atoms with Crippen LogP contribution >= 0.6 is 0 Å². The maximum Gasteiger partial charge on any atom is 0.253 e. The molecule has 1 fully saturated rings. The molecule has 0 aliphatic carbocycles. The summed E-state index contributed by atoms with van der Waals surface area (Å²) in [6, 6.07) is 7.67. The number of nitrogens with two attached hydrogens (primary N) is 1. The average Bonchev–Trinajstić information content (AvgIpc) is 2.32. The number of para-hydroxylation sites is 1. The number of nitrogen functional groups attached to an aromatic ring is 1. The van der Waals surface area contributed by atoms with Crippen LogP contribution < -0.4 is 16.4 Å². The van der Waals surface area contributed by atoms with Crippen molar-refractivity contribution in [2.24, 2.45) is 0 Å². The highest BCUT2D eigenvalue weighted by molar-refractivity contribution is 5.99. The predicted octanol–water partition coefficient (Wildman–Crippen LogP) is 1.14. The van der Waals surface area contributed by atoms with E-state index in [1.165, 1.54) is 0 Å². The van der Waals surface area contributed by atoms with E-state index in [1.807, 2.05) is 12.1 Å². The molecule has 0 spiro atoms. The van der Waals surface area contributed by atoms with E-state index < -0.39 is 0 Å². The van der Waals surface area contributed by atoms with E-state index in [0.29, 0.717) is 17.3 Å². The van der Waals surface area contributed by atoms with Crippen LogP contribution in [0.25, 0.3) is 0 Å². The standard InChI is InChI=1S/C13H19N3O/c1-9-12(7-4-8-15-9)16-13(17)10-5-2-3-6-11(10)14/h2-3,5-6,9,12,15H,4,7-8,14H2,1H3,(H,16,17). The van der Waals surface area contributed by atoms with Crippen LogP contribution in [0.2, 0.25) is 0 Å². The molecule has 17 heavy (non-hydrogen) atoms. The molecular weight excluding hydrogens is 214 g/mol. The van der Waals surface area contributed by atoms with Gasteiger partial charge in [-0.15, -0.1) is 0 Å². The molecule has 1 saturated heterocycles. The molecule has 1 aromatic rings. The van der Waals surface area contributed by atoms with Gasteiger partial charge in [0.05, 0.1) is 5.56 Å². The third-order valence-corrected chi connectivity index (χ3v) is 3.28. The van der Waals surface area contributed by atoms with E-state index in [0.717, 1.165) is 19.4 Å². The predicted molar refractivity (Wildman–Crippen MR) is 68.8 cm³/mol. The Morgan fingerprint density at radius 2 is 2.24 bits per heavy atom. The molecule has 2 atom stereocenters. The minimum absolute atomic E-state index is 0.0800. The lowest BCUT2D eigenvalue weighted by Gasteiger charge is -2.30. The Bertz CT molecular complexity index is 405. The number of benzene rings is 1. The molecule has 4 nitrogen and oxygen atoms in total. The van der Waals surface area contributed by atoms with Gasteiger partial charge < -0.3 is 16.4 Å². The zero-order valence-electron chi connectivity index (χ0n) is 10.1. The SMILES string of the molecule is CC1NCCCC1NC(=O)c1ccccc1N. The third-order valence-electron chi connectivity index (χ3n) is 3.28. The molecule has 1 heterocycles. The van der Waals surface area contributed by atoms with Gasteiger partial charge in [0.1, 0.15) is 0 Å². The molecule has 0 bridgehead atoms. The van der Waals surface area contributed by atoms with E-state index in [1.54, 1.807) is 12.1 Å². The molecule has 0 radical (unpaired) electrons. The van der Waals surface area contributed by atoms with Gasteiger partial charge in [0.15, 0.2) is 0 Å². The van der Waals surface area contributed by atoms with Crippen molar-refractivity contribution in [3.05, 3.63) is 29.8 Å². The first-order valence-electron chi connectivity index (χ1n) is 6.07. The van der Waals surface area contributed by atoms with Crippen molar-refractivity contribution in [3.8, 4) is 0 Å². The molecule has 1 aliphatic heterocycles. The second-order valence-electron chi connectivity index (χ2n) is 4.55. The monoisotopic (exact) mass is 233 g/mol. The Hall–Kier alpha value is -1.55. The Morgan fingerprint density at radius 3 is 2.94 bits per heavy atom. The molecular formula is C13H19N3O. The fourth-order valence-electron chi connectivity index (χ4n) is 2.19. The molecule has 4 heteroatoms. The van der Waals surface area contributed by atoms with Crippen LogP contribution in [-0.4, -0.2) is 24.5 Å². The van der Waals surface area contributed by atoms with Crippen LogP contribution in [-0.2, 0) is 0 Å². The van der Waals surface area contributed by atoms with Crippen LogP contribution in [0, 0.1) is 0 Å². The minimum atomic E-state index is -0.0800. The molecule has 92 valence electrons. The largest absolute Gasteiger partial charge is 0.398 e. The zero-order chi connectivity index (χ0) is 12.3. The summed E-state index contributed by atoms with van der Waals surface area (Å²) in [7, 11) is 0. The van der Waals surface area contributed by atoms with Gasteiger partial charge in [0.25, 0.3) is 5.91 Å². The van der Waals surface area contributed by atoms with Crippen LogP contribution in [0.1, 0.15) is 30.1 Å². The number of carbonyl (C=O) groups is 1. The molecule has 2 unspecified atom stereocenters. The number of hydrogen-bond acceptors (Lipinski definition) is 3. The van der Waals surface area contributed by atoms with E-state index >= 15 is 0 Å². The number of anilines is 1. The van der Waals surface area contributed by atoms with Crippen LogP contribution in [0.15, 0.2) is 24.3 Å². The topological polar surface area (TPSA) is 67.1 Å². The number of rotatable bonds is 2. The van der Waals surface area contributed by atoms with Crippen molar-refractivity contribution in [3.63, 3.8) is 0 Å². The summed E-state index contributed by atoms with van der Waals surface area (Å²) in [6.45, 7) is 3.12. The summed E-state index contributed by atoms with van der Waals surface area (Å²) < 4.78 is 0. The number of carbonyl (C=O) groups excluding carboxylic acids is 1. The third kappa shape index (κ3) is 2.77. The molecule has 2 rings (SSSR count). The Balaban J connectivity index is 2.04. The number of piperidine rings is 1. The van der Waals surface area contributed by atoms with Crippen molar-refractivity contribution in [1.82, 2.24) is 10.6 Å². The minimum Gasteiger partial charge on any atom is -0.398 e. The van der Waals surface area contributed by atoms with E-state index in [4.69, 9.17) is 5.73 Å². The van der Waals surface area contributed by atoms with Crippen molar-refractivity contribution in [2.75, 3.05) is 12.3 Å². The van der Waals surface area contributed by atoms with Crippen molar-refractivity contribution in [2.45, 2.75) is 31.8 Å². The smallest absolute Gasteiger partial charge is 0.253 e. The molecule has 1 aliphatic rings. The summed E-state index contributed by atoms with van der Waals surface area (Å²) in [5.74, 6) is -0.0800. The Labute approximate surface area is 102 Å². The zero-order valence-corrected chi connectivity index (χ0v) is 10.1. The van der Waals surface area contributed by atoms with E-state index in [9.17, 15) is 4.79 Å². The van der Waals surface area contributed by atoms with Gasteiger partial charge in [-0.3, -0.25) is 4.79 Å². The van der Waals surface area contributed by atoms with Gasteiger partial charge in [-0.05, 0) is 38.4 Å². The second-order valence-corrected chi connectivity index (χ2v) is 4.55. The molecule has 0 saturated carbocycles. The van der Waals surface area contributed by atoms with Gasteiger partial charge in [0.2, 0.25) is 0 Å². The lowest BCUT2D eigenvalue weighted by molar-refractivity contribution is 0.0921. The van der Waals surface area contributed by atoms with E-state index in [2.05, 4.69) is 17.6 Å². The number of hydrogen-bond donors (Lipinski definition) is 3. The first-order chi connectivity index (χ1) is 8.18. The van der Waals surface area contributed by atoms with Gasteiger partial charge in [0, 0.05) is 17.8 Å². The summed E-state index contributed by atoms with van der Waals surface area (Å²) >= 11 is 0. The summed E-state index contributed by atoms with van der Waals surface area (Å²) in [4.78, 5) is 12.1. The lowest BCUT2D eigenvalue weighted by Crippen LogP contribution is -2.51. The first-order valence-corrected chi connectivity index (χ1v) is 6.07. The molecule has 1 amide bonds. The maximum atomic E-state index is 12.1. The lowest BCUT2D eigenvalue weighted by atomic mass is 9.99. The Morgan fingerprint density at radius 1 is 1.47 bits per heavy atom. The van der Waals surface area contributed by atoms with Gasteiger partial charge in [-0.1, -0.05) is 12.1 Å². The van der Waals surface area contributed by atoms with E-state index in [-0.39, 0.29) is 11.9 Å². The summed E-state index contributed by atoms with van der Waals surface area (Å²) in [5.41, 5.74) is 6.87. The number of nitrogens with one attached hydrogen (secondary N) is 2. The van der Waals surface area contributed by atoms with Crippen molar-refractivity contribution < 1.29 is 4.79 Å². The average molecular weight is 233 g/mol. The maximum absolute atomic E-state index is 12.1. The van der Waals surface area contributed by atoms with Crippen molar-refractivity contribution in [1.29, 1.82) is 0 Å². The molecule has 1 aromatic carbocycles. The van der Waals surface area contributed by atoms with Gasteiger partial charge in [-0.25, -0.2) is 0 Å². The van der Waals surface area contributed by atoms with Crippen LogP contribution in [0.5, 0.6) is 0 Å². The Kier molecular flexibility index (Phi) is 3.64. The second kappa shape index (κ2) is 5.19. The van der Waals surface area contributed by atoms with Gasteiger partial charge >= 0.3 is 0 Å².